The van der Waals surface area contributed by atoms with Crippen molar-refractivity contribution in [1.29, 1.82) is 0 Å². The van der Waals surface area contributed by atoms with E-state index in [1.54, 1.807) is 30.3 Å². The maximum atomic E-state index is 12.8. The Labute approximate surface area is 182 Å². The third-order valence-corrected chi connectivity index (χ3v) is 4.60. The molecule has 0 spiro atoms. The van der Waals surface area contributed by atoms with Gasteiger partial charge in [0.2, 0.25) is 0 Å². The topological polar surface area (TPSA) is 60.5 Å². The van der Waals surface area contributed by atoms with Gasteiger partial charge in [0.25, 0.3) is 5.91 Å². The van der Waals surface area contributed by atoms with Gasteiger partial charge in [0.05, 0.1) is 29.2 Å². The number of pyridine rings is 1. The molecule has 3 rings (SSSR count). The molecule has 3 aromatic rings. The number of ether oxygens (including phenoxy) is 2. The molecule has 30 heavy (non-hydrogen) atoms. The number of nitrogens with zero attached hydrogens (tertiary/aromatic N) is 1. The molecule has 0 saturated heterocycles. The molecule has 1 N–H and O–H groups in total. The molecule has 2 aromatic carbocycles. The van der Waals surface area contributed by atoms with Gasteiger partial charge in [0, 0.05) is 16.8 Å². The zero-order valence-electron chi connectivity index (χ0n) is 17.5. The van der Waals surface area contributed by atoms with E-state index in [1.807, 2.05) is 58.0 Å². The van der Waals surface area contributed by atoms with Gasteiger partial charge in [-0.25, -0.2) is 0 Å². The van der Waals surface area contributed by atoms with Crippen LogP contribution >= 0.6 is 11.6 Å². The number of nitrogens with one attached hydrogen (secondary N) is 1. The lowest BCUT2D eigenvalue weighted by Crippen LogP contribution is -2.16. The number of hydrogen-bond donors (Lipinski definition) is 1. The highest BCUT2D eigenvalue weighted by Gasteiger charge is 2.15. The quantitative estimate of drug-likeness (QED) is 0.465. The summed E-state index contributed by atoms with van der Waals surface area (Å²) in [5.41, 5.74) is 2.58. The summed E-state index contributed by atoms with van der Waals surface area (Å²) in [6.07, 6.45) is -0.0346. The van der Waals surface area contributed by atoms with E-state index < -0.39 is 0 Å². The first kappa shape index (κ1) is 21.8. The van der Waals surface area contributed by atoms with Crippen molar-refractivity contribution >= 4 is 23.2 Å². The lowest BCUT2D eigenvalue weighted by atomic mass is 10.1. The fourth-order valence-electron chi connectivity index (χ4n) is 3.03. The minimum Gasteiger partial charge on any atom is -0.457 e. The van der Waals surface area contributed by atoms with Gasteiger partial charge in [-0.1, -0.05) is 23.7 Å². The molecule has 1 heterocycles. The number of aryl methyl sites for hydroxylation is 1. The molecule has 1 amide bonds. The van der Waals surface area contributed by atoms with Crippen molar-refractivity contribution in [3.63, 3.8) is 0 Å². The molecule has 1 atom stereocenters. The van der Waals surface area contributed by atoms with Crippen LogP contribution in [0.25, 0.3) is 0 Å². The maximum absolute atomic E-state index is 12.8. The number of carbonyl (C=O) groups excluding carboxylic acids is 1. The standard InChI is InChI=1S/C24H25ClN2O3/c1-15(2)29-17(4)23-12-11-22(16(3)26-23)24(28)27-19-8-6-10-21(14-19)30-20-9-5-7-18(25)13-20/h5-15,17H,1-4H3,(H,27,28). The molecular formula is C24H25ClN2O3. The van der Waals surface area contributed by atoms with Crippen LogP contribution < -0.4 is 10.1 Å². The Kier molecular flexibility index (Phi) is 7.08. The summed E-state index contributed by atoms with van der Waals surface area (Å²) in [7, 11) is 0. The Morgan fingerprint density at radius 2 is 1.70 bits per heavy atom. The fraction of sp³-hybridized carbons (Fsp3) is 0.250. The summed E-state index contributed by atoms with van der Waals surface area (Å²) in [6, 6.07) is 17.9. The number of benzene rings is 2. The molecule has 0 fully saturated rings. The molecule has 0 aliphatic heterocycles. The number of carbonyl (C=O) groups is 1. The fourth-order valence-corrected chi connectivity index (χ4v) is 3.21. The van der Waals surface area contributed by atoms with Crippen LogP contribution in [-0.4, -0.2) is 17.0 Å². The molecule has 6 heteroatoms. The molecular weight excluding hydrogens is 400 g/mol. The molecule has 0 saturated carbocycles. The van der Waals surface area contributed by atoms with E-state index in [4.69, 9.17) is 21.1 Å². The summed E-state index contributed by atoms with van der Waals surface area (Å²) in [4.78, 5) is 17.3. The van der Waals surface area contributed by atoms with E-state index in [0.29, 0.717) is 33.5 Å². The highest BCUT2D eigenvalue weighted by molar-refractivity contribution is 6.30. The van der Waals surface area contributed by atoms with E-state index in [-0.39, 0.29) is 18.1 Å². The predicted molar refractivity (Wildman–Crippen MR) is 120 cm³/mol. The lowest BCUT2D eigenvalue weighted by Gasteiger charge is -2.17. The number of amides is 1. The van der Waals surface area contributed by atoms with Crippen molar-refractivity contribution in [1.82, 2.24) is 4.98 Å². The molecule has 0 radical (unpaired) electrons. The number of aromatic nitrogens is 1. The molecule has 0 aliphatic rings. The average molecular weight is 425 g/mol. The Bertz CT molecular complexity index is 1040. The van der Waals surface area contributed by atoms with Gasteiger partial charge in [-0.15, -0.1) is 0 Å². The zero-order chi connectivity index (χ0) is 21.7. The Hall–Kier alpha value is -2.89. The summed E-state index contributed by atoms with van der Waals surface area (Å²) >= 11 is 6.00. The second-order valence-corrected chi connectivity index (χ2v) is 7.67. The summed E-state index contributed by atoms with van der Waals surface area (Å²) in [5.74, 6) is 0.989. The van der Waals surface area contributed by atoms with Crippen LogP contribution in [0.15, 0.2) is 60.7 Å². The third-order valence-electron chi connectivity index (χ3n) is 4.37. The van der Waals surface area contributed by atoms with Crippen molar-refractivity contribution in [3.05, 3.63) is 82.6 Å². The van der Waals surface area contributed by atoms with E-state index in [2.05, 4.69) is 10.3 Å². The first-order valence-electron chi connectivity index (χ1n) is 9.79. The van der Waals surface area contributed by atoms with Crippen molar-refractivity contribution in [2.24, 2.45) is 0 Å². The van der Waals surface area contributed by atoms with Crippen LogP contribution in [0.3, 0.4) is 0 Å². The van der Waals surface area contributed by atoms with E-state index in [1.165, 1.54) is 0 Å². The number of rotatable bonds is 7. The van der Waals surface area contributed by atoms with Gasteiger partial charge in [-0.2, -0.15) is 0 Å². The normalized spacial score (nSPS) is 11.9. The SMILES string of the molecule is Cc1nc(C(C)OC(C)C)ccc1C(=O)Nc1cccc(Oc2cccc(Cl)c2)c1. The molecule has 156 valence electrons. The van der Waals surface area contributed by atoms with Crippen LogP contribution in [0.4, 0.5) is 5.69 Å². The first-order valence-corrected chi connectivity index (χ1v) is 10.2. The molecule has 0 bridgehead atoms. The van der Waals surface area contributed by atoms with Crippen molar-refractivity contribution in [2.45, 2.75) is 39.9 Å². The maximum Gasteiger partial charge on any atom is 0.257 e. The minimum absolute atomic E-state index is 0.103. The van der Waals surface area contributed by atoms with E-state index in [0.717, 1.165) is 5.69 Å². The van der Waals surface area contributed by atoms with Crippen LogP contribution in [0.5, 0.6) is 11.5 Å². The second-order valence-electron chi connectivity index (χ2n) is 7.24. The molecule has 1 unspecified atom stereocenters. The van der Waals surface area contributed by atoms with Crippen molar-refractivity contribution < 1.29 is 14.3 Å². The number of halogens is 1. The number of hydrogen-bond acceptors (Lipinski definition) is 4. The van der Waals surface area contributed by atoms with Crippen LogP contribution in [0.1, 0.15) is 48.6 Å². The molecule has 1 aromatic heterocycles. The Morgan fingerprint density at radius 3 is 2.37 bits per heavy atom. The van der Waals surface area contributed by atoms with Gasteiger partial charge in [-0.05, 0) is 70.2 Å². The summed E-state index contributed by atoms with van der Waals surface area (Å²) in [5, 5.41) is 3.50. The van der Waals surface area contributed by atoms with Gasteiger partial charge in [0.1, 0.15) is 11.5 Å². The van der Waals surface area contributed by atoms with Gasteiger partial charge >= 0.3 is 0 Å². The highest BCUT2D eigenvalue weighted by Crippen LogP contribution is 2.26. The van der Waals surface area contributed by atoms with Crippen molar-refractivity contribution in [3.8, 4) is 11.5 Å². The summed E-state index contributed by atoms with van der Waals surface area (Å²) in [6.45, 7) is 7.73. The molecule has 5 nitrogen and oxygen atoms in total. The third kappa shape index (κ3) is 5.81. The van der Waals surface area contributed by atoms with Crippen LogP contribution in [0, 0.1) is 6.92 Å². The zero-order valence-corrected chi connectivity index (χ0v) is 18.2. The Balaban J connectivity index is 1.71. The van der Waals surface area contributed by atoms with Crippen LogP contribution in [-0.2, 0) is 4.74 Å². The van der Waals surface area contributed by atoms with Gasteiger partial charge in [0.15, 0.2) is 0 Å². The lowest BCUT2D eigenvalue weighted by molar-refractivity contribution is 0.0154. The van der Waals surface area contributed by atoms with Gasteiger partial charge in [-0.3, -0.25) is 9.78 Å². The van der Waals surface area contributed by atoms with E-state index in [9.17, 15) is 4.79 Å². The van der Waals surface area contributed by atoms with Crippen LogP contribution in [0.2, 0.25) is 5.02 Å². The van der Waals surface area contributed by atoms with E-state index >= 15 is 0 Å². The van der Waals surface area contributed by atoms with Gasteiger partial charge < -0.3 is 14.8 Å². The largest absolute Gasteiger partial charge is 0.457 e. The monoisotopic (exact) mass is 424 g/mol. The Morgan fingerprint density at radius 1 is 1.00 bits per heavy atom. The average Bonchev–Trinajstić information content (AvgIpc) is 2.67. The number of anilines is 1. The summed E-state index contributed by atoms with van der Waals surface area (Å²) < 4.78 is 11.6. The highest BCUT2D eigenvalue weighted by atomic mass is 35.5. The second kappa shape index (κ2) is 9.74. The predicted octanol–water partition coefficient (Wildman–Crippen LogP) is 6.57. The first-order chi connectivity index (χ1) is 14.3. The molecule has 0 aliphatic carbocycles. The smallest absolute Gasteiger partial charge is 0.257 e. The minimum atomic E-state index is -0.233. The van der Waals surface area contributed by atoms with Crippen molar-refractivity contribution in [2.75, 3.05) is 5.32 Å².